The molecule has 2 aromatic heterocycles. The number of methoxy groups -OCH3 is 2. The summed E-state index contributed by atoms with van der Waals surface area (Å²) in [6.07, 6.45) is 0. The minimum absolute atomic E-state index is 0.679. The van der Waals surface area contributed by atoms with Crippen molar-refractivity contribution in [2.45, 2.75) is 35.0 Å². The van der Waals surface area contributed by atoms with E-state index in [1.807, 2.05) is 22.7 Å². The molecule has 0 radical (unpaired) electrons. The van der Waals surface area contributed by atoms with E-state index < -0.39 is 18.4 Å². The van der Waals surface area contributed by atoms with Crippen molar-refractivity contribution in [3.05, 3.63) is 28.1 Å². The van der Waals surface area contributed by atoms with Gasteiger partial charge in [0.2, 0.25) is 0 Å². The van der Waals surface area contributed by atoms with Crippen molar-refractivity contribution < 1.29 is 9.47 Å². The summed E-state index contributed by atoms with van der Waals surface area (Å²) in [4.78, 5) is 11.5. The van der Waals surface area contributed by atoms with Crippen LogP contribution in [0.15, 0.2) is 12.1 Å². The predicted octanol–water partition coefficient (Wildman–Crippen LogP) is 4.62. The summed E-state index contributed by atoms with van der Waals surface area (Å²) >= 11 is 1.80. The first-order chi connectivity index (χ1) is 9.86. The van der Waals surface area contributed by atoms with E-state index in [4.69, 9.17) is 9.47 Å². The maximum atomic E-state index is 5.43. The summed E-state index contributed by atoms with van der Waals surface area (Å²) in [7, 11) is 3.54. The number of aryl methyl sites for hydroxylation is 1. The summed E-state index contributed by atoms with van der Waals surface area (Å²) in [6.45, 7) is 3.54. The van der Waals surface area contributed by atoms with Crippen LogP contribution in [0.3, 0.4) is 0 Å². The molecule has 0 N–H and O–H groups in total. The Kier molecular flexibility index (Phi) is 5.93. The average Bonchev–Trinajstić information content (AvgIpc) is 2.94. The number of ether oxygens (including phenoxy) is 2. The van der Waals surface area contributed by atoms with Crippen LogP contribution in [0.5, 0.6) is 0 Å². The van der Waals surface area contributed by atoms with Crippen LogP contribution in [0, 0.1) is 6.92 Å². The van der Waals surface area contributed by atoms with Crippen molar-refractivity contribution in [3.8, 4) is 9.75 Å². The molecule has 0 saturated heterocycles. The molecule has 116 valence electrons. The van der Waals surface area contributed by atoms with E-state index in [1.165, 1.54) is 25.8 Å². The van der Waals surface area contributed by atoms with Crippen molar-refractivity contribution in [1.29, 1.82) is 0 Å². The molecule has 2 nitrogen and oxygen atoms in total. The Labute approximate surface area is 140 Å². The average molecular weight is 431 g/mol. The van der Waals surface area contributed by atoms with E-state index >= 15 is 0 Å². The van der Waals surface area contributed by atoms with Crippen molar-refractivity contribution in [2.24, 2.45) is 0 Å². The SMILES string of the molecule is COCc1cc(C)sc1-c1s[c]([Sn]([CH3])([CH3])[CH3])cc1COC. The molecule has 0 aliphatic carbocycles. The van der Waals surface area contributed by atoms with Crippen LogP contribution in [0.4, 0.5) is 0 Å². The van der Waals surface area contributed by atoms with Crippen molar-refractivity contribution in [3.63, 3.8) is 0 Å². The van der Waals surface area contributed by atoms with Crippen molar-refractivity contribution in [1.82, 2.24) is 0 Å². The third kappa shape index (κ3) is 4.10. The molecular formula is C16H24O2S2Sn. The van der Waals surface area contributed by atoms with E-state index in [9.17, 15) is 0 Å². The molecule has 21 heavy (non-hydrogen) atoms. The Balaban J connectivity index is 2.54. The molecule has 0 fully saturated rings. The summed E-state index contributed by atoms with van der Waals surface area (Å²) in [5.74, 6) is 0. The van der Waals surface area contributed by atoms with Gasteiger partial charge >= 0.3 is 140 Å². The van der Waals surface area contributed by atoms with E-state index in [-0.39, 0.29) is 0 Å². The first-order valence-corrected chi connectivity index (χ1v) is 18.7. The Hall–Kier alpha value is 0.119. The van der Waals surface area contributed by atoms with E-state index in [2.05, 4.69) is 33.9 Å². The zero-order valence-corrected chi connectivity index (χ0v) is 18.2. The molecule has 0 bridgehead atoms. The van der Waals surface area contributed by atoms with Gasteiger partial charge in [-0.2, -0.15) is 0 Å². The first-order valence-electron chi connectivity index (χ1n) is 7.07. The molecule has 2 aromatic rings. The fraction of sp³-hybridized carbons (Fsp3) is 0.500. The van der Waals surface area contributed by atoms with Crippen LogP contribution in [0.25, 0.3) is 9.75 Å². The molecule has 0 spiro atoms. The summed E-state index contributed by atoms with van der Waals surface area (Å²) in [6, 6.07) is 4.64. The molecule has 0 amide bonds. The zero-order valence-electron chi connectivity index (χ0n) is 13.7. The first kappa shape index (κ1) is 17.5. The summed E-state index contributed by atoms with van der Waals surface area (Å²) in [5, 5.41) is 0. The topological polar surface area (TPSA) is 18.5 Å². The standard InChI is InChI=1S/C13H15O2S2.3CH3.Sn/c1-9-6-11(8-15-3)13(17-9)12-10(7-14-2)4-5-16-12;;;;/h4,6H,7-8H2,1-3H3;3*1H3;. The van der Waals surface area contributed by atoms with Crippen LogP contribution in [0.2, 0.25) is 14.8 Å². The van der Waals surface area contributed by atoms with Crippen LogP contribution < -0.4 is 2.89 Å². The summed E-state index contributed by atoms with van der Waals surface area (Å²) < 4.78 is 12.4. The number of hydrogen-bond acceptors (Lipinski definition) is 4. The quantitative estimate of drug-likeness (QED) is 0.622. The normalized spacial score (nSPS) is 12.1. The van der Waals surface area contributed by atoms with Crippen LogP contribution in [0.1, 0.15) is 16.0 Å². The molecular weight excluding hydrogens is 407 g/mol. The maximum absolute atomic E-state index is 5.43. The Bertz CT molecular complexity index is 608. The van der Waals surface area contributed by atoms with Gasteiger partial charge in [0, 0.05) is 0 Å². The molecule has 2 heterocycles. The van der Waals surface area contributed by atoms with Crippen molar-refractivity contribution in [2.75, 3.05) is 14.2 Å². The molecule has 0 aromatic carbocycles. The second-order valence-corrected chi connectivity index (χ2v) is 24.0. The Morgan fingerprint density at radius 3 is 1.95 bits per heavy atom. The fourth-order valence-corrected chi connectivity index (χ4v) is 9.95. The van der Waals surface area contributed by atoms with E-state index in [0.717, 1.165) is 0 Å². The third-order valence-corrected chi connectivity index (χ3v) is 15.1. The van der Waals surface area contributed by atoms with Gasteiger partial charge in [0.15, 0.2) is 0 Å². The van der Waals surface area contributed by atoms with Gasteiger partial charge in [0.05, 0.1) is 0 Å². The minimum atomic E-state index is -2.05. The van der Waals surface area contributed by atoms with Crippen molar-refractivity contribution >= 4 is 43.9 Å². The van der Waals surface area contributed by atoms with E-state index in [0.29, 0.717) is 13.2 Å². The third-order valence-electron chi connectivity index (χ3n) is 3.29. The van der Waals surface area contributed by atoms with Gasteiger partial charge < -0.3 is 0 Å². The molecule has 0 atom stereocenters. The number of thiophene rings is 2. The summed E-state index contributed by atoms with van der Waals surface area (Å²) in [5.41, 5.74) is 2.64. The predicted molar refractivity (Wildman–Crippen MR) is 96.8 cm³/mol. The Morgan fingerprint density at radius 2 is 1.43 bits per heavy atom. The van der Waals surface area contributed by atoms with E-state index in [1.54, 1.807) is 17.1 Å². The number of hydrogen-bond donors (Lipinski definition) is 0. The molecule has 0 aliphatic rings. The van der Waals surface area contributed by atoms with Gasteiger partial charge in [-0.05, 0) is 0 Å². The monoisotopic (exact) mass is 432 g/mol. The second kappa shape index (κ2) is 7.13. The van der Waals surface area contributed by atoms with Crippen LogP contribution in [-0.4, -0.2) is 32.6 Å². The van der Waals surface area contributed by atoms with Crippen LogP contribution in [-0.2, 0) is 22.7 Å². The van der Waals surface area contributed by atoms with Gasteiger partial charge in [0.25, 0.3) is 0 Å². The van der Waals surface area contributed by atoms with Crippen LogP contribution >= 0.6 is 22.7 Å². The van der Waals surface area contributed by atoms with Gasteiger partial charge in [0.1, 0.15) is 0 Å². The van der Waals surface area contributed by atoms with Gasteiger partial charge in [-0.3, -0.25) is 0 Å². The zero-order chi connectivity index (χ0) is 15.6. The molecule has 0 saturated carbocycles. The molecule has 2 rings (SSSR count). The molecule has 0 unspecified atom stereocenters. The fourth-order valence-electron chi connectivity index (χ4n) is 2.28. The number of rotatable bonds is 6. The second-order valence-electron chi connectivity index (χ2n) is 6.29. The van der Waals surface area contributed by atoms with Gasteiger partial charge in [-0.15, -0.1) is 0 Å². The van der Waals surface area contributed by atoms with Gasteiger partial charge in [-0.1, -0.05) is 0 Å². The Morgan fingerprint density at radius 1 is 0.905 bits per heavy atom. The molecule has 5 heteroatoms. The van der Waals surface area contributed by atoms with Gasteiger partial charge in [-0.25, -0.2) is 0 Å². The molecule has 0 aliphatic heterocycles.